The Morgan fingerprint density at radius 2 is 2.24 bits per heavy atom. The highest BCUT2D eigenvalue weighted by molar-refractivity contribution is 5.56. The highest BCUT2D eigenvalue weighted by Crippen LogP contribution is 2.17. The van der Waals surface area contributed by atoms with Crippen LogP contribution in [0.4, 0.5) is 5.69 Å². The standard InChI is InChI=1S/C13H20N4/c1-10(2)12(15)5-7-17(3)13-9-16-6-4-11(13)8-14/h4,6,9-10,12H,5,7,15H2,1-3H3. The molecule has 0 spiro atoms. The molecular weight excluding hydrogens is 212 g/mol. The van der Waals surface area contributed by atoms with Crippen molar-refractivity contribution >= 4 is 5.69 Å². The van der Waals surface area contributed by atoms with E-state index in [2.05, 4.69) is 24.9 Å². The lowest BCUT2D eigenvalue weighted by molar-refractivity contribution is 0.466. The smallest absolute Gasteiger partial charge is 0.101 e. The van der Waals surface area contributed by atoms with Gasteiger partial charge in [0.15, 0.2) is 0 Å². The molecule has 0 aliphatic heterocycles. The van der Waals surface area contributed by atoms with Crippen molar-refractivity contribution in [1.29, 1.82) is 5.26 Å². The van der Waals surface area contributed by atoms with Crippen molar-refractivity contribution in [2.75, 3.05) is 18.5 Å². The fourth-order valence-electron chi connectivity index (χ4n) is 1.58. The molecular formula is C13H20N4. The van der Waals surface area contributed by atoms with Gasteiger partial charge in [-0.25, -0.2) is 0 Å². The van der Waals surface area contributed by atoms with Crippen molar-refractivity contribution in [2.45, 2.75) is 26.3 Å². The fourth-order valence-corrected chi connectivity index (χ4v) is 1.58. The molecule has 92 valence electrons. The molecule has 1 unspecified atom stereocenters. The van der Waals surface area contributed by atoms with Crippen LogP contribution in [-0.4, -0.2) is 24.6 Å². The maximum atomic E-state index is 9.00. The van der Waals surface area contributed by atoms with Crippen LogP contribution in [0.25, 0.3) is 0 Å². The summed E-state index contributed by atoms with van der Waals surface area (Å²) in [5, 5.41) is 9.00. The van der Waals surface area contributed by atoms with E-state index in [1.165, 1.54) is 0 Å². The van der Waals surface area contributed by atoms with E-state index < -0.39 is 0 Å². The average Bonchev–Trinajstić information content (AvgIpc) is 2.35. The average molecular weight is 232 g/mol. The second kappa shape index (κ2) is 6.21. The van der Waals surface area contributed by atoms with E-state index in [0.717, 1.165) is 18.7 Å². The Morgan fingerprint density at radius 3 is 2.82 bits per heavy atom. The van der Waals surface area contributed by atoms with Crippen molar-refractivity contribution in [3.05, 3.63) is 24.0 Å². The van der Waals surface area contributed by atoms with Crippen LogP contribution < -0.4 is 10.6 Å². The van der Waals surface area contributed by atoms with E-state index in [1.54, 1.807) is 18.5 Å². The summed E-state index contributed by atoms with van der Waals surface area (Å²) in [7, 11) is 1.96. The van der Waals surface area contributed by atoms with Crippen LogP contribution in [0, 0.1) is 17.2 Å². The SMILES string of the molecule is CC(C)C(N)CCN(C)c1cnccc1C#N. The zero-order valence-corrected chi connectivity index (χ0v) is 10.7. The highest BCUT2D eigenvalue weighted by Gasteiger charge is 2.11. The van der Waals surface area contributed by atoms with Crippen molar-refractivity contribution < 1.29 is 0 Å². The number of nitrogens with two attached hydrogens (primary N) is 1. The lowest BCUT2D eigenvalue weighted by Crippen LogP contribution is -2.32. The first-order chi connectivity index (χ1) is 8.06. The monoisotopic (exact) mass is 232 g/mol. The molecule has 1 atom stereocenters. The molecule has 0 saturated carbocycles. The molecule has 0 radical (unpaired) electrons. The van der Waals surface area contributed by atoms with Gasteiger partial charge < -0.3 is 10.6 Å². The first-order valence-corrected chi connectivity index (χ1v) is 5.87. The lowest BCUT2D eigenvalue weighted by atomic mass is 10.0. The molecule has 2 N–H and O–H groups in total. The van der Waals surface area contributed by atoms with Crippen molar-refractivity contribution in [3.63, 3.8) is 0 Å². The molecule has 1 aromatic rings. The van der Waals surface area contributed by atoms with Gasteiger partial charge in [0.25, 0.3) is 0 Å². The molecule has 0 amide bonds. The first kappa shape index (κ1) is 13.5. The number of pyridine rings is 1. The van der Waals surface area contributed by atoms with Crippen LogP contribution in [-0.2, 0) is 0 Å². The summed E-state index contributed by atoms with van der Waals surface area (Å²) in [5.41, 5.74) is 7.53. The lowest BCUT2D eigenvalue weighted by Gasteiger charge is -2.23. The number of aromatic nitrogens is 1. The first-order valence-electron chi connectivity index (χ1n) is 5.87. The van der Waals surface area contributed by atoms with Crippen molar-refractivity contribution in [2.24, 2.45) is 11.7 Å². The summed E-state index contributed by atoms with van der Waals surface area (Å²) in [5.74, 6) is 0.479. The van der Waals surface area contributed by atoms with Crippen LogP contribution in [0.2, 0.25) is 0 Å². The van der Waals surface area contributed by atoms with E-state index in [-0.39, 0.29) is 6.04 Å². The molecule has 4 heteroatoms. The molecule has 0 aliphatic carbocycles. The minimum absolute atomic E-state index is 0.194. The van der Waals surface area contributed by atoms with Crippen LogP contribution >= 0.6 is 0 Å². The number of hydrogen-bond acceptors (Lipinski definition) is 4. The number of rotatable bonds is 5. The maximum Gasteiger partial charge on any atom is 0.101 e. The van der Waals surface area contributed by atoms with Crippen molar-refractivity contribution in [1.82, 2.24) is 4.98 Å². The fraction of sp³-hybridized carbons (Fsp3) is 0.538. The van der Waals surface area contributed by atoms with Gasteiger partial charge in [-0.05, 0) is 18.4 Å². The number of hydrogen-bond donors (Lipinski definition) is 1. The highest BCUT2D eigenvalue weighted by atomic mass is 15.1. The summed E-state index contributed by atoms with van der Waals surface area (Å²) >= 11 is 0. The molecule has 1 rings (SSSR count). The van der Waals surface area contributed by atoms with Gasteiger partial charge in [0.2, 0.25) is 0 Å². The topological polar surface area (TPSA) is 65.9 Å². The van der Waals surface area contributed by atoms with Crippen molar-refractivity contribution in [3.8, 4) is 6.07 Å². The van der Waals surface area contributed by atoms with Gasteiger partial charge in [0, 0.05) is 25.8 Å². The van der Waals surface area contributed by atoms with Gasteiger partial charge in [-0.15, -0.1) is 0 Å². The van der Waals surface area contributed by atoms with Gasteiger partial charge in [-0.3, -0.25) is 4.98 Å². The van der Waals surface area contributed by atoms with Crippen LogP contribution in [0.5, 0.6) is 0 Å². The molecule has 17 heavy (non-hydrogen) atoms. The second-order valence-electron chi connectivity index (χ2n) is 4.62. The van der Waals surface area contributed by atoms with Gasteiger partial charge in [-0.1, -0.05) is 13.8 Å². The third-order valence-electron chi connectivity index (χ3n) is 2.99. The molecule has 1 heterocycles. The minimum atomic E-state index is 0.194. The molecule has 0 saturated heterocycles. The molecule has 0 fully saturated rings. The molecule has 0 aliphatic rings. The summed E-state index contributed by atoms with van der Waals surface area (Å²) in [6, 6.07) is 4.10. The molecule has 0 bridgehead atoms. The Labute approximate surface area is 103 Å². The Kier molecular flexibility index (Phi) is 4.92. The van der Waals surface area contributed by atoms with E-state index in [0.29, 0.717) is 11.5 Å². The largest absolute Gasteiger partial charge is 0.372 e. The summed E-state index contributed by atoms with van der Waals surface area (Å²) in [6.45, 7) is 5.07. The van der Waals surface area contributed by atoms with E-state index in [9.17, 15) is 0 Å². The van der Waals surface area contributed by atoms with Crippen LogP contribution in [0.3, 0.4) is 0 Å². The van der Waals surface area contributed by atoms with E-state index in [1.807, 2.05) is 11.9 Å². The molecule has 0 aromatic carbocycles. The summed E-state index contributed by atoms with van der Waals surface area (Å²) < 4.78 is 0. The zero-order chi connectivity index (χ0) is 12.8. The maximum absolute atomic E-state index is 9.00. The second-order valence-corrected chi connectivity index (χ2v) is 4.62. The van der Waals surface area contributed by atoms with Gasteiger partial charge in [0.05, 0.1) is 17.4 Å². The predicted molar refractivity (Wildman–Crippen MR) is 69.7 cm³/mol. The van der Waals surface area contributed by atoms with Gasteiger partial charge >= 0.3 is 0 Å². The summed E-state index contributed by atoms with van der Waals surface area (Å²) in [6.07, 6.45) is 4.27. The summed E-state index contributed by atoms with van der Waals surface area (Å²) in [4.78, 5) is 6.09. The third kappa shape index (κ3) is 3.72. The molecule has 1 aromatic heterocycles. The van der Waals surface area contributed by atoms with E-state index in [4.69, 9.17) is 11.0 Å². The van der Waals surface area contributed by atoms with Gasteiger partial charge in [0.1, 0.15) is 6.07 Å². The zero-order valence-electron chi connectivity index (χ0n) is 10.7. The Bertz CT molecular complexity index is 395. The van der Waals surface area contributed by atoms with Gasteiger partial charge in [-0.2, -0.15) is 5.26 Å². The third-order valence-corrected chi connectivity index (χ3v) is 2.99. The quantitative estimate of drug-likeness (QED) is 0.840. The normalized spacial score (nSPS) is 12.2. The van der Waals surface area contributed by atoms with Crippen LogP contribution in [0.1, 0.15) is 25.8 Å². The number of nitrogens with zero attached hydrogens (tertiary/aromatic N) is 3. The number of anilines is 1. The minimum Gasteiger partial charge on any atom is -0.372 e. The number of nitriles is 1. The molecule has 4 nitrogen and oxygen atoms in total. The van der Waals surface area contributed by atoms with Crippen LogP contribution in [0.15, 0.2) is 18.5 Å². The Morgan fingerprint density at radius 1 is 1.53 bits per heavy atom. The Hall–Kier alpha value is -1.60. The predicted octanol–water partition coefficient (Wildman–Crippen LogP) is 1.76. The Balaban J connectivity index is 2.64. The van der Waals surface area contributed by atoms with E-state index >= 15 is 0 Å².